The summed E-state index contributed by atoms with van der Waals surface area (Å²) < 4.78 is 5.18. The average Bonchev–Trinajstić information content (AvgIpc) is 2.56. The maximum Gasteiger partial charge on any atom is 0.407 e. The summed E-state index contributed by atoms with van der Waals surface area (Å²) in [6, 6.07) is -0.495. The number of ether oxygens (including phenoxy) is 1. The molecule has 1 atom stereocenters. The molecule has 2 aliphatic heterocycles. The summed E-state index contributed by atoms with van der Waals surface area (Å²) in [6.07, 6.45) is 3.59. The van der Waals surface area contributed by atoms with Crippen molar-refractivity contribution in [1.29, 1.82) is 0 Å². The van der Waals surface area contributed by atoms with Gasteiger partial charge in [-0.25, -0.2) is 4.79 Å². The van der Waals surface area contributed by atoms with Crippen molar-refractivity contribution < 1.29 is 19.1 Å². The zero-order valence-corrected chi connectivity index (χ0v) is 17.8. The molecule has 0 radical (unpaired) electrons. The monoisotopic (exact) mass is 396 g/mol. The number of amides is 3. The van der Waals surface area contributed by atoms with Crippen molar-refractivity contribution in [2.75, 3.05) is 32.7 Å². The molecular formula is C20H36N4O4. The number of hydrogen-bond acceptors (Lipinski definition) is 5. The van der Waals surface area contributed by atoms with Crippen molar-refractivity contribution in [3.63, 3.8) is 0 Å². The number of alkyl carbamates (subject to hydrolysis) is 1. The van der Waals surface area contributed by atoms with Gasteiger partial charge in [0.05, 0.1) is 6.04 Å². The van der Waals surface area contributed by atoms with E-state index in [9.17, 15) is 14.4 Å². The van der Waals surface area contributed by atoms with Crippen LogP contribution in [0.2, 0.25) is 0 Å². The SMILES string of the molecule is CC(=O)N1CC2(CCN(C(=O)[C@H](N)CCCCNC(=O)OC(C)(C)C)CC2)C1. The fraction of sp³-hybridized carbons (Fsp3) is 0.850. The van der Waals surface area contributed by atoms with Crippen LogP contribution in [0.5, 0.6) is 0 Å². The number of carbonyl (C=O) groups is 3. The van der Waals surface area contributed by atoms with Crippen LogP contribution in [0, 0.1) is 5.41 Å². The molecule has 8 nitrogen and oxygen atoms in total. The molecule has 3 amide bonds. The number of nitrogens with zero attached hydrogens (tertiary/aromatic N) is 2. The van der Waals surface area contributed by atoms with E-state index in [1.807, 2.05) is 30.6 Å². The summed E-state index contributed by atoms with van der Waals surface area (Å²) in [7, 11) is 0. The Morgan fingerprint density at radius 1 is 1.11 bits per heavy atom. The summed E-state index contributed by atoms with van der Waals surface area (Å²) in [4.78, 5) is 39.2. The highest BCUT2D eigenvalue weighted by Crippen LogP contribution is 2.40. The molecule has 8 heteroatoms. The highest BCUT2D eigenvalue weighted by Gasteiger charge is 2.46. The molecule has 0 aromatic carbocycles. The minimum absolute atomic E-state index is 0.0118. The Kier molecular flexibility index (Phi) is 7.31. The molecule has 0 aliphatic carbocycles. The minimum atomic E-state index is -0.504. The Balaban J connectivity index is 1.59. The molecule has 0 saturated carbocycles. The van der Waals surface area contributed by atoms with Gasteiger partial charge in [0.2, 0.25) is 11.8 Å². The van der Waals surface area contributed by atoms with Gasteiger partial charge in [-0.05, 0) is 52.9 Å². The summed E-state index contributed by atoms with van der Waals surface area (Å²) >= 11 is 0. The number of likely N-dealkylation sites (tertiary alicyclic amines) is 2. The first kappa shape index (κ1) is 22.5. The molecule has 2 heterocycles. The number of hydrogen-bond donors (Lipinski definition) is 2. The first-order valence-electron chi connectivity index (χ1n) is 10.3. The van der Waals surface area contributed by atoms with Gasteiger partial charge in [0, 0.05) is 45.1 Å². The fourth-order valence-corrected chi connectivity index (χ4v) is 3.86. The van der Waals surface area contributed by atoms with Gasteiger partial charge in [-0.2, -0.15) is 0 Å². The largest absolute Gasteiger partial charge is 0.444 e. The molecule has 0 aromatic heterocycles. The van der Waals surface area contributed by atoms with Gasteiger partial charge in [0.25, 0.3) is 0 Å². The zero-order valence-electron chi connectivity index (χ0n) is 17.8. The molecule has 3 N–H and O–H groups in total. The highest BCUT2D eigenvalue weighted by molar-refractivity contribution is 5.81. The number of unbranched alkanes of at least 4 members (excludes halogenated alkanes) is 1. The third-order valence-electron chi connectivity index (χ3n) is 5.56. The lowest BCUT2D eigenvalue weighted by molar-refractivity contribution is -0.148. The van der Waals surface area contributed by atoms with E-state index >= 15 is 0 Å². The number of carbonyl (C=O) groups excluding carboxylic acids is 3. The fourth-order valence-electron chi connectivity index (χ4n) is 3.86. The van der Waals surface area contributed by atoms with Crippen LogP contribution in [0.3, 0.4) is 0 Å². The minimum Gasteiger partial charge on any atom is -0.444 e. The lowest BCUT2D eigenvalue weighted by Gasteiger charge is -2.53. The van der Waals surface area contributed by atoms with Crippen LogP contribution in [0.15, 0.2) is 0 Å². The van der Waals surface area contributed by atoms with Crippen molar-refractivity contribution in [3.05, 3.63) is 0 Å². The molecule has 2 aliphatic rings. The topological polar surface area (TPSA) is 105 Å². The van der Waals surface area contributed by atoms with Crippen LogP contribution in [-0.4, -0.2) is 72.1 Å². The summed E-state index contributed by atoms with van der Waals surface area (Å²) in [6.45, 7) is 10.7. The molecule has 28 heavy (non-hydrogen) atoms. The molecule has 1 spiro atoms. The van der Waals surface area contributed by atoms with Gasteiger partial charge in [-0.1, -0.05) is 0 Å². The second-order valence-electron chi connectivity index (χ2n) is 9.23. The van der Waals surface area contributed by atoms with Crippen molar-refractivity contribution in [3.8, 4) is 0 Å². The van der Waals surface area contributed by atoms with E-state index in [4.69, 9.17) is 10.5 Å². The smallest absolute Gasteiger partial charge is 0.407 e. The molecule has 2 rings (SSSR count). The standard InChI is InChI=1S/C20H36N4O4/c1-15(25)24-13-20(14-24)8-11-23(12-9-20)17(26)16(21)7-5-6-10-22-18(27)28-19(2,3)4/h16H,5-14,21H2,1-4H3,(H,22,27)/t16-/m1/s1. The molecule has 2 fully saturated rings. The van der Waals surface area contributed by atoms with Gasteiger partial charge in [-0.3, -0.25) is 9.59 Å². The zero-order chi connectivity index (χ0) is 20.9. The van der Waals surface area contributed by atoms with Crippen LogP contribution in [-0.2, 0) is 14.3 Å². The second kappa shape index (κ2) is 9.11. The van der Waals surface area contributed by atoms with E-state index in [1.54, 1.807) is 6.92 Å². The van der Waals surface area contributed by atoms with Crippen LogP contribution in [0.25, 0.3) is 0 Å². The predicted octanol–water partition coefficient (Wildman–Crippen LogP) is 1.48. The lowest BCUT2D eigenvalue weighted by Crippen LogP contribution is -2.62. The second-order valence-corrected chi connectivity index (χ2v) is 9.23. The number of piperidine rings is 1. The maximum absolute atomic E-state index is 12.6. The number of rotatable bonds is 6. The molecule has 0 unspecified atom stereocenters. The molecule has 0 aromatic rings. The Hall–Kier alpha value is -1.83. The Morgan fingerprint density at radius 3 is 2.25 bits per heavy atom. The molecule has 2 saturated heterocycles. The summed E-state index contributed by atoms with van der Waals surface area (Å²) in [5.41, 5.74) is 5.80. The Morgan fingerprint density at radius 2 is 1.71 bits per heavy atom. The van der Waals surface area contributed by atoms with E-state index < -0.39 is 17.7 Å². The Bertz CT molecular complexity index is 571. The van der Waals surface area contributed by atoms with Crippen LogP contribution in [0.4, 0.5) is 4.79 Å². The number of nitrogens with one attached hydrogen (secondary N) is 1. The van der Waals surface area contributed by atoms with E-state index in [-0.39, 0.29) is 17.2 Å². The van der Waals surface area contributed by atoms with Crippen LogP contribution < -0.4 is 11.1 Å². The summed E-state index contributed by atoms with van der Waals surface area (Å²) in [5.74, 6) is 0.144. The molecular weight excluding hydrogens is 360 g/mol. The van der Waals surface area contributed by atoms with E-state index in [0.717, 1.165) is 51.9 Å². The Labute approximate surface area is 168 Å². The van der Waals surface area contributed by atoms with E-state index in [2.05, 4.69) is 5.32 Å². The molecule has 160 valence electrons. The van der Waals surface area contributed by atoms with Crippen molar-refractivity contribution in [2.24, 2.45) is 11.1 Å². The summed E-state index contributed by atoms with van der Waals surface area (Å²) in [5, 5.41) is 2.71. The van der Waals surface area contributed by atoms with Crippen molar-refractivity contribution in [1.82, 2.24) is 15.1 Å². The van der Waals surface area contributed by atoms with Gasteiger partial charge < -0.3 is 25.6 Å². The maximum atomic E-state index is 12.6. The van der Waals surface area contributed by atoms with E-state index in [0.29, 0.717) is 13.0 Å². The third-order valence-corrected chi connectivity index (χ3v) is 5.56. The highest BCUT2D eigenvalue weighted by atomic mass is 16.6. The first-order valence-corrected chi connectivity index (χ1v) is 10.3. The number of nitrogens with two attached hydrogens (primary N) is 1. The molecule has 0 bridgehead atoms. The van der Waals surface area contributed by atoms with Gasteiger partial charge >= 0.3 is 6.09 Å². The van der Waals surface area contributed by atoms with Gasteiger partial charge in [0.1, 0.15) is 5.60 Å². The quantitative estimate of drug-likeness (QED) is 0.662. The average molecular weight is 397 g/mol. The first-order chi connectivity index (χ1) is 13.0. The van der Waals surface area contributed by atoms with Crippen molar-refractivity contribution >= 4 is 17.9 Å². The normalized spacial score (nSPS) is 19.8. The van der Waals surface area contributed by atoms with Crippen LogP contribution >= 0.6 is 0 Å². The van der Waals surface area contributed by atoms with Crippen LogP contribution in [0.1, 0.15) is 59.8 Å². The van der Waals surface area contributed by atoms with Gasteiger partial charge in [-0.15, -0.1) is 0 Å². The van der Waals surface area contributed by atoms with E-state index in [1.165, 1.54) is 0 Å². The van der Waals surface area contributed by atoms with Crippen molar-refractivity contribution in [2.45, 2.75) is 71.4 Å². The van der Waals surface area contributed by atoms with Gasteiger partial charge in [0.15, 0.2) is 0 Å². The predicted molar refractivity (Wildman–Crippen MR) is 107 cm³/mol. The third kappa shape index (κ3) is 6.36. The lowest BCUT2D eigenvalue weighted by atomic mass is 9.72.